The molecule has 0 bridgehead atoms. The Morgan fingerprint density at radius 1 is 1.41 bits per heavy atom. The molecule has 0 saturated carbocycles. The number of nitrogens with two attached hydrogens (primary N) is 1. The highest BCUT2D eigenvalue weighted by Crippen LogP contribution is 2.32. The number of carbonyl (C=O) groups is 1. The number of rotatable bonds is 4. The minimum Gasteiger partial charge on any atom is -0.464 e. The van der Waals surface area contributed by atoms with Crippen LogP contribution < -0.4 is 5.73 Å². The second-order valence-electron chi connectivity index (χ2n) is 3.67. The van der Waals surface area contributed by atoms with Crippen molar-refractivity contribution in [3.05, 3.63) is 33.8 Å². The summed E-state index contributed by atoms with van der Waals surface area (Å²) < 4.78 is 4.98. The van der Waals surface area contributed by atoms with Crippen LogP contribution in [-0.4, -0.2) is 12.6 Å². The van der Waals surface area contributed by atoms with Gasteiger partial charge in [0.25, 0.3) is 0 Å². The van der Waals surface area contributed by atoms with Gasteiger partial charge in [0, 0.05) is 15.6 Å². The van der Waals surface area contributed by atoms with Gasteiger partial charge in [0.15, 0.2) is 0 Å². The fraction of sp³-hybridized carbons (Fsp3) is 0.417. The quantitative estimate of drug-likeness (QED) is 0.859. The third kappa shape index (κ3) is 2.92. The number of ether oxygens (including phenoxy) is 1. The predicted molar refractivity (Wildman–Crippen MR) is 69.3 cm³/mol. The Kier molecular flexibility index (Phi) is 4.80. The zero-order chi connectivity index (χ0) is 13.1. The van der Waals surface area contributed by atoms with Gasteiger partial charge in [0.1, 0.15) is 5.54 Å². The van der Waals surface area contributed by atoms with Crippen LogP contribution >= 0.6 is 23.2 Å². The summed E-state index contributed by atoms with van der Waals surface area (Å²) in [5.41, 5.74) is 5.40. The largest absolute Gasteiger partial charge is 0.464 e. The van der Waals surface area contributed by atoms with Crippen LogP contribution in [0.2, 0.25) is 10.0 Å². The van der Waals surface area contributed by atoms with Gasteiger partial charge in [-0.2, -0.15) is 0 Å². The fourth-order valence-electron chi connectivity index (χ4n) is 1.56. The summed E-state index contributed by atoms with van der Waals surface area (Å²) in [6, 6.07) is 4.87. The molecule has 0 aliphatic carbocycles. The van der Waals surface area contributed by atoms with Gasteiger partial charge >= 0.3 is 5.97 Å². The Bertz CT molecular complexity index is 423. The van der Waals surface area contributed by atoms with E-state index in [4.69, 9.17) is 33.7 Å². The number of esters is 1. The predicted octanol–water partition coefficient (Wildman–Crippen LogP) is 3.12. The SMILES string of the molecule is CCOC(=O)C(N)(CC)c1ccc(Cl)cc1Cl. The molecule has 1 rings (SSSR count). The van der Waals surface area contributed by atoms with Crippen molar-refractivity contribution < 1.29 is 9.53 Å². The molecule has 94 valence electrons. The van der Waals surface area contributed by atoms with E-state index in [2.05, 4.69) is 0 Å². The van der Waals surface area contributed by atoms with Crippen molar-refractivity contribution in [3.8, 4) is 0 Å². The molecule has 5 heteroatoms. The van der Waals surface area contributed by atoms with E-state index in [1.54, 1.807) is 25.1 Å². The molecule has 0 aliphatic heterocycles. The average molecular weight is 276 g/mol. The molecule has 1 aromatic rings. The summed E-state index contributed by atoms with van der Waals surface area (Å²) in [5.74, 6) is -0.480. The number of hydrogen-bond acceptors (Lipinski definition) is 3. The lowest BCUT2D eigenvalue weighted by molar-refractivity contribution is -0.150. The molecule has 0 fully saturated rings. The molecule has 1 atom stereocenters. The van der Waals surface area contributed by atoms with Crippen LogP contribution in [-0.2, 0) is 15.1 Å². The lowest BCUT2D eigenvalue weighted by Crippen LogP contribution is -2.45. The van der Waals surface area contributed by atoms with Crippen molar-refractivity contribution in [2.24, 2.45) is 5.73 Å². The highest BCUT2D eigenvalue weighted by Gasteiger charge is 2.37. The monoisotopic (exact) mass is 275 g/mol. The van der Waals surface area contributed by atoms with E-state index in [0.29, 0.717) is 22.0 Å². The lowest BCUT2D eigenvalue weighted by Gasteiger charge is -2.27. The van der Waals surface area contributed by atoms with Crippen LogP contribution in [0.5, 0.6) is 0 Å². The smallest absolute Gasteiger partial charge is 0.330 e. The summed E-state index contributed by atoms with van der Waals surface area (Å²) in [6.45, 7) is 3.82. The van der Waals surface area contributed by atoms with Crippen molar-refractivity contribution in [3.63, 3.8) is 0 Å². The highest BCUT2D eigenvalue weighted by molar-refractivity contribution is 6.35. The number of halogens is 2. The molecule has 0 amide bonds. The normalized spacial score (nSPS) is 14.2. The van der Waals surface area contributed by atoms with Gasteiger partial charge in [0.05, 0.1) is 6.61 Å². The molecule has 0 radical (unpaired) electrons. The maximum atomic E-state index is 11.9. The molecule has 0 aromatic heterocycles. The maximum Gasteiger partial charge on any atom is 0.330 e. The van der Waals surface area contributed by atoms with Gasteiger partial charge in [-0.15, -0.1) is 0 Å². The van der Waals surface area contributed by atoms with Crippen LogP contribution in [0.25, 0.3) is 0 Å². The number of carbonyl (C=O) groups excluding carboxylic acids is 1. The second kappa shape index (κ2) is 5.71. The lowest BCUT2D eigenvalue weighted by atomic mass is 9.88. The molecule has 2 N–H and O–H groups in total. The third-order valence-electron chi connectivity index (χ3n) is 2.61. The zero-order valence-corrected chi connectivity index (χ0v) is 11.3. The Labute approximate surface area is 111 Å². The minimum absolute atomic E-state index is 0.281. The molecule has 17 heavy (non-hydrogen) atoms. The fourth-order valence-corrected chi connectivity index (χ4v) is 2.13. The Morgan fingerprint density at radius 2 is 2.06 bits per heavy atom. The van der Waals surface area contributed by atoms with Crippen molar-refractivity contribution in [2.75, 3.05) is 6.61 Å². The van der Waals surface area contributed by atoms with Gasteiger partial charge in [-0.3, -0.25) is 0 Å². The van der Waals surface area contributed by atoms with Crippen LogP contribution in [0.1, 0.15) is 25.8 Å². The summed E-state index contributed by atoms with van der Waals surface area (Å²) in [5, 5.41) is 0.871. The molecule has 3 nitrogen and oxygen atoms in total. The first-order valence-corrected chi connectivity index (χ1v) is 6.13. The Hall–Kier alpha value is -0.770. The van der Waals surface area contributed by atoms with E-state index in [9.17, 15) is 4.79 Å². The average Bonchev–Trinajstić information content (AvgIpc) is 2.28. The Morgan fingerprint density at radius 3 is 2.53 bits per heavy atom. The van der Waals surface area contributed by atoms with Crippen molar-refractivity contribution in [2.45, 2.75) is 25.8 Å². The van der Waals surface area contributed by atoms with Gasteiger partial charge in [0.2, 0.25) is 0 Å². The van der Waals surface area contributed by atoms with Crippen LogP contribution in [0.4, 0.5) is 0 Å². The first kappa shape index (κ1) is 14.3. The molecule has 0 spiro atoms. The summed E-state index contributed by atoms with van der Waals surface area (Å²) in [7, 11) is 0. The molecular weight excluding hydrogens is 261 g/mol. The van der Waals surface area contributed by atoms with Crippen LogP contribution in [0.15, 0.2) is 18.2 Å². The van der Waals surface area contributed by atoms with Crippen molar-refractivity contribution in [1.29, 1.82) is 0 Å². The summed E-state index contributed by atoms with van der Waals surface area (Å²) in [6.07, 6.45) is 0.396. The van der Waals surface area contributed by atoms with Crippen molar-refractivity contribution in [1.82, 2.24) is 0 Å². The number of benzene rings is 1. The third-order valence-corrected chi connectivity index (χ3v) is 3.16. The van der Waals surface area contributed by atoms with E-state index >= 15 is 0 Å². The zero-order valence-electron chi connectivity index (χ0n) is 9.80. The van der Waals surface area contributed by atoms with Crippen molar-refractivity contribution >= 4 is 29.2 Å². The molecule has 0 saturated heterocycles. The molecule has 1 aromatic carbocycles. The topological polar surface area (TPSA) is 52.3 Å². The summed E-state index contributed by atoms with van der Waals surface area (Å²) in [4.78, 5) is 11.9. The second-order valence-corrected chi connectivity index (χ2v) is 4.51. The molecule has 1 unspecified atom stereocenters. The van der Waals surface area contributed by atoms with Crippen LogP contribution in [0, 0.1) is 0 Å². The first-order chi connectivity index (χ1) is 7.95. The van der Waals surface area contributed by atoms with Gasteiger partial charge in [-0.25, -0.2) is 4.79 Å². The summed E-state index contributed by atoms with van der Waals surface area (Å²) >= 11 is 11.9. The first-order valence-electron chi connectivity index (χ1n) is 5.37. The van der Waals surface area contributed by atoms with E-state index < -0.39 is 11.5 Å². The van der Waals surface area contributed by atoms with E-state index in [-0.39, 0.29) is 6.61 Å². The maximum absolute atomic E-state index is 11.9. The Balaban J connectivity index is 3.20. The van der Waals surface area contributed by atoms with Gasteiger partial charge < -0.3 is 10.5 Å². The molecule has 0 aliphatic rings. The minimum atomic E-state index is -1.22. The van der Waals surface area contributed by atoms with E-state index in [1.165, 1.54) is 0 Å². The van der Waals surface area contributed by atoms with Gasteiger partial charge in [-0.1, -0.05) is 36.2 Å². The highest BCUT2D eigenvalue weighted by atomic mass is 35.5. The van der Waals surface area contributed by atoms with Crippen LogP contribution in [0.3, 0.4) is 0 Å². The molecular formula is C12H15Cl2NO2. The van der Waals surface area contributed by atoms with Gasteiger partial charge in [-0.05, 0) is 25.5 Å². The van der Waals surface area contributed by atoms with E-state index in [1.807, 2.05) is 6.92 Å². The van der Waals surface area contributed by atoms with E-state index in [0.717, 1.165) is 0 Å². The molecule has 0 heterocycles. The standard InChI is InChI=1S/C12H15Cl2NO2/c1-3-12(15,11(16)17-4-2)9-6-5-8(13)7-10(9)14/h5-7H,3-4,15H2,1-2H3. The number of hydrogen-bond donors (Lipinski definition) is 1.